The van der Waals surface area contributed by atoms with E-state index in [4.69, 9.17) is 0 Å². The third-order valence-corrected chi connectivity index (χ3v) is 5.47. The molecule has 152 valence electrons. The van der Waals surface area contributed by atoms with Gasteiger partial charge in [-0.3, -0.25) is 0 Å². The highest BCUT2D eigenvalue weighted by Gasteiger charge is 2.21. The van der Waals surface area contributed by atoms with Crippen LogP contribution < -0.4 is 9.46 Å². The van der Waals surface area contributed by atoms with Crippen molar-refractivity contribution in [3.8, 4) is 23.1 Å². The normalized spacial score (nSPS) is 12.3. The maximum Gasteiger partial charge on any atom is 0.387 e. The molecule has 2 aromatic carbocycles. The van der Waals surface area contributed by atoms with Gasteiger partial charge in [-0.2, -0.15) is 14.0 Å². The molecule has 0 saturated heterocycles. The Bertz CT molecular complexity index is 1090. The molecule has 5 nitrogen and oxygen atoms in total. The number of ether oxygens (including phenoxy) is 1. The SMILES string of the molecule is CCS(=O)Nc1ccc(-c2c(C#N)c3ccc(OC(F)F)cc3n2C(C)C)cc1. The van der Waals surface area contributed by atoms with E-state index < -0.39 is 17.6 Å². The smallest absolute Gasteiger partial charge is 0.387 e. The van der Waals surface area contributed by atoms with Crippen LogP contribution in [0.4, 0.5) is 14.5 Å². The Morgan fingerprint density at radius 1 is 1.21 bits per heavy atom. The van der Waals surface area contributed by atoms with Gasteiger partial charge < -0.3 is 14.0 Å². The number of rotatable bonds is 7. The predicted octanol–water partition coefficient (Wildman–Crippen LogP) is 5.46. The van der Waals surface area contributed by atoms with Crippen molar-refractivity contribution in [3.63, 3.8) is 0 Å². The molecular formula is C21H21F2N3O2S. The highest BCUT2D eigenvalue weighted by atomic mass is 32.2. The predicted molar refractivity (Wildman–Crippen MR) is 111 cm³/mol. The molecule has 1 heterocycles. The maximum atomic E-state index is 12.6. The molecule has 29 heavy (non-hydrogen) atoms. The molecule has 1 unspecified atom stereocenters. The molecule has 0 fully saturated rings. The Labute approximate surface area is 170 Å². The Kier molecular flexibility index (Phi) is 6.18. The van der Waals surface area contributed by atoms with E-state index in [0.29, 0.717) is 33.6 Å². The third-order valence-electron chi connectivity index (χ3n) is 4.48. The minimum Gasteiger partial charge on any atom is -0.435 e. The number of nitriles is 1. The molecule has 1 aromatic heterocycles. The summed E-state index contributed by atoms with van der Waals surface area (Å²) >= 11 is 0. The number of alkyl halides is 2. The molecule has 0 aliphatic carbocycles. The van der Waals surface area contributed by atoms with Gasteiger partial charge in [-0.1, -0.05) is 19.1 Å². The maximum absolute atomic E-state index is 12.6. The molecule has 3 aromatic rings. The highest BCUT2D eigenvalue weighted by Crippen LogP contribution is 2.38. The molecule has 0 aliphatic rings. The van der Waals surface area contributed by atoms with E-state index in [-0.39, 0.29) is 11.8 Å². The lowest BCUT2D eigenvalue weighted by Crippen LogP contribution is -2.06. The van der Waals surface area contributed by atoms with Crippen LogP contribution in [0, 0.1) is 11.3 Å². The summed E-state index contributed by atoms with van der Waals surface area (Å²) in [5.41, 5.74) is 3.34. The van der Waals surface area contributed by atoms with E-state index in [1.807, 2.05) is 37.5 Å². The average molecular weight is 417 g/mol. The molecule has 3 rings (SSSR count). The van der Waals surface area contributed by atoms with E-state index in [1.54, 1.807) is 18.2 Å². The van der Waals surface area contributed by atoms with Gasteiger partial charge in [0.25, 0.3) is 0 Å². The summed E-state index contributed by atoms with van der Waals surface area (Å²) in [5, 5.41) is 10.5. The van der Waals surface area contributed by atoms with Gasteiger partial charge in [-0.05, 0) is 43.7 Å². The van der Waals surface area contributed by atoms with Crippen molar-refractivity contribution in [2.75, 3.05) is 10.5 Å². The van der Waals surface area contributed by atoms with Crippen LogP contribution >= 0.6 is 0 Å². The van der Waals surface area contributed by atoms with Crippen molar-refractivity contribution in [1.82, 2.24) is 4.57 Å². The fourth-order valence-electron chi connectivity index (χ4n) is 3.30. The quantitative estimate of drug-likeness (QED) is 0.555. The molecule has 0 saturated carbocycles. The van der Waals surface area contributed by atoms with Crippen molar-refractivity contribution < 1.29 is 17.7 Å². The number of hydrogen-bond donors (Lipinski definition) is 1. The molecule has 8 heteroatoms. The van der Waals surface area contributed by atoms with Crippen molar-refractivity contribution in [2.45, 2.75) is 33.4 Å². The summed E-state index contributed by atoms with van der Waals surface area (Å²) in [6.07, 6.45) is 0. The molecule has 0 amide bonds. The summed E-state index contributed by atoms with van der Waals surface area (Å²) in [6, 6.07) is 14.1. The third kappa shape index (κ3) is 4.25. The van der Waals surface area contributed by atoms with Crippen LogP contribution in [-0.2, 0) is 11.0 Å². The number of benzene rings is 2. The number of nitrogens with one attached hydrogen (secondary N) is 1. The summed E-state index contributed by atoms with van der Waals surface area (Å²) < 4.78 is 46.4. The Morgan fingerprint density at radius 2 is 1.90 bits per heavy atom. The molecule has 0 aliphatic heterocycles. The van der Waals surface area contributed by atoms with Gasteiger partial charge in [0.2, 0.25) is 0 Å². The zero-order chi connectivity index (χ0) is 21.1. The van der Waals surface area contributed by atoms with Crippen LogP contribution in [0.15, 0.2) is 42.5 Å². The summed E-state index contributed by atoms with van der Waals surface area (Å²) in [5.74, 6) is 0.537. The Hall–Kier alpha value is -2.92. The fraction of sp³-hybridized carbons (Fsp3) is 0.286. The number of aromatic nitrogens is 1. The zero-order valence-electron chi connectivity index (χ0n) is 16.3. The van der Waals surface area contributed by atoms with Crippen molar-refractivity contribution in [1.29, 1.82) is 5.26 Å². The largest absolute Gasteiger partial charge is 0.435 e. The van der Waals surface area contributed by atoms with Gasteiger partial charge in [0.05, 0.1) is 16.8 Å². The van der Waals surface area contributed by atoms with E-state index in [2.05, 4.69) is 15.5 Å². The number of fused-ring (bicyclic) bond motifs is 1. The van der Waals surface area contributed by atoms with Crippen molar-refractivity contribution >= 4 is 27.6 Å². The molecule has 0 spiro atoms. The summed E-state index contributed by atoms with van der Waals surface area (Å²) in [6.45, 7) is 2.83. The van der Waals surface area contributed by atoms with Crippen LogP contribution in [0.3, 0.4) is 0 Å². The highest BCUT2D eigenvalue weighted by molar-refractivity contribution is 7.86. The van der Waals surface area contributed by atoms with Crippen LogP contribution in [0.5, 0.6) is 5.75 Å². The monoisotopic (exact) mass is 417 g/mol. The number of hydrogen-bond acceptors (Lipinski definition) is 3. The second-order valence-corrected chi connectivity index (χ2v) is 8.14. The molecule has 0 bridgehead atoms. The standard InChI is InChI=1S/C21H21F2N3O2S/c1-4-29(27)25-15-7-5-14(6-8-15)20-18(12-24)17-10-9-16(28-21(22)23)11-19(17)26(20)13(2)3/h5-11,13,21,25H,4H2,1-3H3. The molecule has 1 atom stereocenters. The number of nitrogens with zero attached hydrogens (tertiary/aromatic N) is 2. The van der Waals surface area contributed by atoms with Gasteiger partial charge >= 0.3 is 6.61 Å². The second-order valence-electron chi connectivity index (χ2n) is 6.67. The van der Waals surface area contributed by atoms with E-state index in [1.165, 1.54) is 12.1 Å². The first-order chi connectivity index (χ1) is 13.8. The lowest BCUT2D eigenvalue weighted by atomic mass is 10.1. The van der Waals surface area contributed by atoms with Crippen molar-refractivity contribution in [3.05, 3.63) is 48.0 Å². The van der Waals surface area contributed by atoms with Gasteiger partial charge in [0, 0.05) is 28.9 Å². The lowest BCUT2D eigenvalue weighted by Gasteiger charge is -2.16. The Balaban J connectivity index is 2.17. The molecule has 0 radical (unpaired) electrons. The van der Waals surface area contributed by atoms with E-state index in [0.717, 1.165) is 5.56 Å². The minimum absolute atomic E-state index is 0.0261. The second kappa shape index (κ2) is 8.62. The first-order valence-electron chi connectivity index (χ1n) is 9.14. The fourth-order valence-corrected chi connectivity index (χ4v) is 3.84. The van der Waals surface area contributed by atoms with Crippen molar-refractivity contribution in [2.24, 2.45) is 0 Å². The number of halogens is 2. The van der Waals surface area contributed by atoms with Gasteiger partial charge in [0.15, 0.2) is 0 Å². The van der Waals surface area contributed by atoms with Crippen LogP contribution in [-0.4, -0.2) is 21.1 Å². The van der Waals surface area contributed by atoms with Gasteiger partial charge in [-0.15, -0.1) is 0 Å². The summed E-state index contributed by atoms with van der Waals surface area (Å²) in [7, 11) is -1.15. The minimum atomic E-state index is -2.92. The van der Waals surface area contributed by atoms with Crippen LogP contribution in [0.25, 0.3) is 22.2 Å². The first kappa shape index (κ1) is 20.8. The topological polar surface area (TPSA) is 67.1 Å². The number of anilines is 1. The first-order valence-corrected chi connectivity index (χ1v) is 10.5. The lowest BCUT2D eigenvalue weighted by molar-refractivity contribution is -0.0497. The van der Waals surface area contributed by atoms with E-state index in [9.17, 15) is 18.3 Å². The zero-order valence-corrected chi connectivity index (χ0v) is 17.1. The van der Waals surface area contributed by atoms with Gasteiger partial charge in [-0.25, -0.2) is 4.21 Å². The van der Waals surface area contributed by atoms with Gasteiger partial charge in [0.1, 0.15) is 22.8 Å². The van der Waals surface area contributed by atoms with Crippen LogP contribution in [0.2, 0.25) is 0 Å². The van der Waals surface area contributed by atoms with E-state index >= 15 is 0 Å². The summed E-state index contributed by atoms with van der Waals surface area (Å²) in [4.78, 5) is 0. The molecule has 1 N–H and O–H groups in total. The Morgan fingerprint density at radius 3 is 2.45 bits per heavy atom. The molecular weight excluding hydrogens is 396 g/mol. The van der Waals surface area contributed by atoms with Crippen LogP contribution in [0.1, 0.15) is 32.4 Å². The average Bonchev–Trinajstić information content (AvgIpc) is 3.01.